The van der Waals surface area contributed by atoms with Crippen molar-refractivity contribution in [1.29, 1.82) is 0 Å². The molecule has 0 bridgehead atoms. The van der Waals surface area contributed by atoms with E-state index in [2.05, 4.69) is 10.3 Å². The molecule has 8 heteroatoms. The fraction of sp³-hybridized carbons (Fsp3) is 0.370. The summed E-state index contributed by atoms with van der Waals surface area (Å²) in [4.78, 5) is 31.9. The lowest BCUT2D eigenvalue weighted by Gasteiger charge is -2.40. The van der Waals surface area contributed by atoms with Crippen molar-refractivity contribution in [3.8, 4) is 5.75 Å². The van der Waals surface area contributed by atoms with Crippen LogP contribution in [0.3, 0.4) is 0 Å². The second kappa shape index (κ2) is 10.8. The van der Waals surface area contributed by atoms with Crippen LogP contribution in [0.25, 0.3) is 10.9 Å². The van der Waals surface area contributed by atoms with Crippen molar-refractivity contribution in [2.75, 3.05) is 14.1 Å². The van der Waals surface area contributed by atoms with Gasteiger partial charge in [0.05, 0.1) is 17.5 Å². The van der Waals surface area contributed by atoms with Crippen LogP contribution in [0.15, 0.2) is 54.6 Å². The summed E-state index contributed by atoms with van der Waals surface area (Å²) in [6.45, 7) is 2.35. The van der Waals surface area contributed by atoms with Crippen molar-refractivity contribution in [2.24, 2.45) is 5.92 Å². The summed E-state index contributed by atoms with van der Waals surface area (Å²) in [5, 5.41) is 13.3. The minimum Gasteiger partial charge on any atom is -0.489 e. The normalized spacial score (nSPS) is 20.0. The van der Waals surface area contributed by atoms with E-state index < -0.39 is 17.9 Å². The second-order valence-electron chi connectivity index (χ2n) is 9.30. The van der Waals surface area contributed by atoms with E-state index in [1.807, 2.05) is 56.3 Å². The van der Waals surface area contributed by atoms with Crippen LogP contribution in [0, 0.1) is 12.8 Å². The maximum Gasteiger partial charge on any atom is 0.251 e. The van der Waals surface area contributed by atoms with Gasteiger partial charge in [0.1, 0.15) is 12.4 Å². The van der Waals surface area contributed by atoms with Gasteiger partial charge in [0, 0.05) is 28.2 Å². The first-order chi connectivity index (χ1) is 16.9. The Morgan fingerprint density at radius 1 is 1.11 bits per heavy atom. The lowest BCUT2D eigenvalue weighted by atomic mass is 9.79. The molecule has 1 aliphatic carbocycles. The van der Waals surface area contributed by atoms with E-state index in [-0.39, 0.29) is 11.9 Å². The van der Waals surface area contributed by atoms with E-state index in [4.69, 9.17) is 4.74 Å². The van der Waals surface area contributed by atoms with Gasteiger partial charge < -0.3 is 15.0 Å². The molecule has 2 amide bonds. The van der Waals surface area contributed by atoms with Crippen molar-refractivity contribution >= 4 is 22.7 Å². The van der Waals surface area contributed by atoms with Gasteiger partial charge in [-0.25, -0.2) is 5.48 Å². The highest BCUT2D eigenvalue weighted by Crippen LogP contribution is 2.28. The Labute approximate surface area is 205 Å². The molecule has 3 aromatic rings. The quantitative estimate of drug-likeness (QED) is 0.356. The van der Waals surface area contributed by atoms with Gasteiger partial charge in [0.15, 0.2) is 0 Å². The topological polar surface area (TPSA) is 104 Å². The molecule has 1 aromatic heterocycles. The van der Waals surface area contributed by atoms with Crippen molar-refractivity contribution < 1.29 is 19.5 Å². The molecule has 0 saturated heterocycles. The van der Waals surface area contributed by atoms with Gasteiger partial charge in [-0.3, -0.25) is 19.8 Å². The predicted octanol–water partition coefficient (Wildman–Crippen LogP) is 3.46. The lowest BCUT2D eigenvalue weighted by Crippen LogP contribution is -2.58. The number of aryl methyl sites for hydroxylation is 1. The Kier molecular flexibility index (Phi) is 7.63. The number of carbonyl (C=O) groups excluding carboxylic acids is 2. The average molecular weight is 477 g/mol. The first-order valence-electron chi connectivity index (χ1n) is 11.9. The predicted molar refractivity (Wildman–Crippen MR) is 133 cm³/mol. The lowest BCUT2D eigenvalue weighted by molar-refractivity contribution is -0.136. The molecule has 3 N–H and O–H groups in total. The number of hydrogen-bond acceptors (Lipinski definition) is 6. The zero-order valence-corrected chi connectivity index (χ0v) is 20.3. The summed E-state index contributed by atoms with van der Waals surface area (Å²) in [5.74, 6) is -0.570. The minimum atomic E-state index is -0.494. The molecule has 1 fully saturated rings. The fourth-order valence-electron chi connectivity index (χ4n) is 4.94. The van der Waals surface area contributed by atoms with Crippen molar-refractivity contribution in [1.82, 2.24) is 20.7 Å². The highest BCUT2D eigenvalue weighted by molar-refractivity contribution is 5.95. The highest BCUT2D eigenvalue weighted by Gasteiger charge is 2.39. The molecule has 0 spiro atoms. The zero-order chi connectivity index (χ0) is 24.9. The van der Waals surface area contributed by atoms with E-state index in [1.54, 1.807) is 29.7 Å². The third-order valence-corrected chi connectivity index (χ3v) is 6.71. The number of amides is 2. The van der Waals surface area contributed by atoms with Crippen LogP contribution < -0.4 is 15.5 Å². The van der Waals surface area contributed by atoms with Crippen LogP contribution in [-0.2, 0) is 11.4 Å². The van der Waals surface area contributed by atoms with Gasteiger partial charge >= 0.3 is 0 Å². The summed E-state index contributed by atoms with van der Waals surface area (Å²) in [7, 11) is 3.87. The molecule has 0 radical (unpaired) electrons. The number of hydroxylamine groups is 1. The number of nitrogens with zero attached hydrogens (tertiary/aromatic N) is 2. The van der Waals surface area contributed by atoms with Gasteiger partial charge in [-0.15, -0.1) is 0 Å². The summed E-state index contributed by atoms with van der Waals surface area (Å²) in [6, 6.07) is 16.6. The standard InChI is InChI=1S/C27H32N4O4/c1-17-15-19(21-7-4-5-9-23(21)28-17)16-35-20-13-11-18(12-14-20)26(32)29-25-22(27(33)30-34)8-6-10-24(25)31(2)3/h4-5,7,9,11-15,22,24-25,34H,6,8,10,16H2,1-3H3,(H,29,32)(H,30,33)/t22-,24-,25-/m1/s1. The number of para-hydroxylation sites is 1. The molecule has 3 atom stereocenters. The van der Waals surface area contributed by atoms with Crippen molar-refractivity contribution in [3.63, 3.8) is 0 Å². The first kappa shape index (κ1) is 24.6. The summed E-state index contributed by atoms with van der Waals surface area (Å²) < 4.78 is 6.00. The zero-order valence-electron chi connectivity index (χ0n) is 20.3. The van der Waals surface area contributed by atoms with Crippen molar-refractivity contribution in [3.05, 3.63) is 71.4 Å². The van der Waals surface area contributed by atoms with Crippen LogP contribution in [0.4, 0.5) is 0 Å². The van der Waals surface area contributed by atoms with Gasteiger partial charge in [0.2, 0.25) is 5.91 Å². The largest absolute Gasteiger partial charge is 0.489 e. The van der Waals surface area contributed by atoms with E-state index in [1.165, 1.54) is 0 Å². The van der Waals surface area contributed by atoms with Crippen molar-refractivity contribution in [2.45, 2.75) is 44.9 Å². The number of fused-ring (bicyclic) bond motifs is 1. The minimum absolute atomic E-state index is 0.00347. The number of likely N-dealkylation sites (N-methyl/N-ethyl adjacent to an activating group) is 1. The van der Waals surface area contributed by atoms with Crippen LogP contribution in [0.1, 0.15) is 40.9 Å². The van der Waals surface area contributed by atoms with E-state index in [9.17, 15) is 14.8 Å². The smallest absolute Gasteiger partial charge is 0.251 e. The molecule has 0 unspecified atom stereocenters. The Morgan fingerprint density at radius 3 is 2.57 bits per heavy atom. The van der Waals surface area contributed by atoms with Gasteiger partial charge in [-0.2, -0.15) is 0 Å². The molecule has 184 valence electrons. The van der Waals surface area contributed by atoms with Crippen LogP contribution in [0.2, 0.25) is 0 Å². The molecule has 8 nitrogen and oxygen atoms in total. The summed E-state index contributed by atoms with van der Waals surface area (Å²) in [6.07, 6.45) is 2.33. The molecular formula is C27H32N4O4. The number of hydrogen-bond donors (Lipinski definition) is 3. The number of ether oxygens (including phenoxy) is 1. The van der Waals surface area contributed by atoms with Crippen LogP contribution in [-0.4, -0.2) is 53.1 Å². The Morgan fingerprint density at radius 2 is 1.86 bits per heavy atom. The van der Waals surface area contributed by atoms with Crippen LogP contribution in [0.5, 0.6) is 5.75 Å². The monoisotopic (exact) mass is 476 g/mol. The Balaban J connectivity index is 1.44. The average Bonchev–Trinajstić information content (AvgIpc) is 2.86. The number of benzene rings is 2. The van der Waals surface area contributed by atoms with Gasteiger partial charge in [-0.1, -0.05) is 24.6 Å². The number of nitrogens with one attached hydrogen (secondary N) is 2. The number of rotatable bonds is 7. The maximum absolute atomic E-state index is 13.0. The fourth-order valence-corrected chi connectivity index (χ4v) is 4.94. The maximum atomic E-state index is 13.0. The number of pyridine rings is 1. The number of aromatic nitrogens is 1. The molecule has 35 heavy (non-hydrogen) atoms. The van der Waals surface area contributed by atoms with E-state index >= 15 is 0 Å². The second-order valence-corrected chi connectivity index (χ2v) is 9.30. The molecule has 4 rings (SSSR count). The Bertz CT molecular complexity index is 1200. The molecular weight excluding hydrogens is 444 g/mol. The third kappa shape index (κ3) is 5.61. The summed E-state index contributed by atoms with van der Waals surface area (Å²) >= 11 is 0. The van der Waals surface area contributed by atoms with E-state index in [0.717, 1.165) is 35.0 Å². The molecule has 1 heterocycles. The first-order valence-corrected chi connectivity index (χ1v) is 11.9. The molecule has 1 aliphatic rings. The number of carbonyl (C=O) groups is 2. The SMILES string of the molecule is Cc1cc(COc2ccc(C(=O)N[C@H]3[C@H](N(C)C)CCC[C@H]3C(=O)NO)cc2)c2ccccc2n1. The highest BCUT2D eigenvalue weighted by atomic mass is 16.5. The Hall–Kier alpha value is -3.49. The van der Waals surface area contributed by atoms with Gasteiger partial charge in [-0.05, 0) is 70.3 Å². The third-order valence-electron chi connectivity index (χ3n) is 6.71. The molecule has 0 aliphatic heterocycles. The van der Waals surface area contributed by atoms with E-state index in [0.29, 0.717) is 24.3 Å². The van der Waals surface area contributed by atoms with Gasteiger partial charge in [0.25, 0.3) is 5.91 Å². The van der Waals surface area contributed by atoms with Crippen LogP contribution >= 0.6 is 0 Å². The molecule has 2 aromatic carbocycles. The molecule has 1 saturated carbocycles. The summed E-state index contributed by atoms with van der Waals surface area (Å²) in [5.41, 5.74) is 5.16.